The van der Waals surface area contributed by atoms with E-state index in [0.29, 0.717) is 17.7 Å². The van der Waals surface area contributed by atoms with Gasteiger partial charge in [0.15, 0.2) is 5.82 Å². The molecule has 0 unspecified atom stereocenters. The van der Waals surface area contributed by atoms with Crippen LogP contribution in [0.4, 0.5) is 5.82 Å². The summed E-state index contributed by atoms with van der Waals surface area (Å²) in [5, 5.41) is 11.4. The van der Waals surface area contributed by atoms with Gasteiger partial charge in [-0.15, -0.1) is 0 Å². The lowest BCUT2D eigenvalue weighted by molar-refractivity contribution is 0.988. The standard InChI is InChI=1S/C23H17N3O/c27-23-21-9-5-4-8-20(21)22(25-26-23)24-16-19-14-12-18(13-15-19)11-10-17-6-2-1-3-7-17/h1-9,12-15H,16H2,(H,24,25)(H,26,27). The van der Waals surface area contributed by atoms with Gasteiger partial charge in [-0.1, -0.05) is 60.4 Å². The monoisotopic (exact) mass is 351 g/mol. The van der Waals surface area contributed by atoms with Crippen molar-refractivity contribution in [2.24, 2.45) is 0 Å². The minimum atomic E-state index is -0.183. The fourth-order valence-electron chi connectivity index (χ4n) is 2.81. The van der Waals surface area contributed by atoms with Crippen LogP contribution in [0.15, 0.2) is 83.7 Å². The molecule has 130 valence electrons. The van der Waals surface area contributed by atoms with Gasteiger partial charge in [0.2, 0.25) is 0 Å². The minimum absolute atomic E-state index is 0.183. The van der Waals surface area contributed by atoms with Gasteiger partial charge in [-0.3, -0.25) is 4.79 Å². The topological polar surface area (TPSA) is 57.8 Å². The van der Waals surface area contributed by atoms with Gasteiger partial charge in [0.05, 0.1) is 5.39 Å². The third kappa shape index (κ3) is 3.88. The van der Waals surface area contributed by atoms with Gasteiger partial charge in [-0.05, 0) is 35.9 Å². The van der Waals surface area contributed by atoms with Gasteiger partial charge in [-0.2, -0.15) is 5.10 Å². The molecule has 27 heavy (non-hydrogen) atoms. The highest BCUT2D eigenvalue weighted by molar-refractivity contribution is 5.90. The Hall–Kier alpha value is -3.84. The van der Waals surface area contributed by atoms with Crippen molar-refractivity contribution in [1.82, 2.24) is 10.2 Å². The maximum absolute atomic E-state index is 11.8. The average molecular weight is 351 g/mol. The number of nitrogens with one attached hydrogen (secondary N) is 2. The number of H-pyrrole nitrogens is 1. The predicted molar refractivity (Wildman–Crippen MR) is 109 cm³/mol. The van der Waals surface area contributed by atoms with Crippen molar-refractivity contribution in [3.05, 3.63) is 106 Å². The zero-order valence-electron chi connectivity index (χ0n) is 14.6. The zero-order valence-corrected chi connectivity index (χ0v) is 14.6. The lowest BCUT2D eigenvalue weighted by atomic mass is 10.1. The molecule has 4 aromatic rings. The second-order valence-electron chi connectivity index (χ2n) is 6.11. The molecule has 2 N–H and O–H groups in total. The Labute approximate surface area is 156 Å². The minimum Gasteiger partial charge on any atom is -0.364 e. The molecule has 1 aromatic heterocycles. The number of anilines is 1. The van der Waals surface area contributed by atoms with Crippen molar-refractivity contribution in [3.63, 3.8) is 0 Å². The molecule has 3 aromatic carbocycles. The Balaban J connectivity index is 1.48. The Morgan fingerprint density at radius 3 is 2.15 bits per heavy atom. The predicted octanol–water partition coefficient (Wildman–Crippen LogP) is 3.94. The van der Waals surface area contributed by atoms with E-state index in [1.54, 1.807) is 6.07 Å². The normalized spacial score (nSPS) is 10.2. The number of rotatable bonds is 3. The van der Waals surface area contributed by atoms with Crippen molar-refractivity contribution in [2.75, 3.05) is 5.32 Å². The molecule has 0 spiro atoms. The first kappa shape index (κ1) is 16.6. The van der Waals surface area contributed by atoms with Crippen LogP contribution in [0.25, 0.3) is 10.8 Å². The van der Waals surface area contributed by atoms with Gasteiger partial charge in [0.1, 0.15) is 0 Å². The van der Waals surface area contributed by atoms with Crippen LogP contribution < -0.4 is 10.9 Å². The smallest absolute Gasteiger partial charge is 0.272 e. The van der Waals surface area contributed by atoms with Gasteiger partial charge < -0.3 is 5.32 Å². The van der Waals surface area contributed by atoms with E-state index in [2.05, 4.69) is 27.4 Å². The van der Waals surface area contributed by atoms with Gasteiger partial charge in [0, 0.05) is 23.1 Å². The molecule has 0 saturated heterocycles. The van der Waals surface area contributed by atoms with Gasteiger partial charge >= 0.3 is 0 Å². The van der Waals surface area contributed by atoms with E-state index in [1.165, 1.54) is 0 Å². The molecule has 0 radical (unpaired) electrons. The molecular weight excluding hydrogens is 334 g/mol. The lowest BCUT2D eigenvalue weighted by Gasteiger charge is -2.08. The first-order chi connectivity index (χ1) is 13.3. The molecule has 4 nitrogen and oxygen atoms in total. The third-order valence-corrected chi connectivity index (χ3v) is 4.23. The largest absolute Gasteiger partial charge is 0.364 e. The van der Waals surface area contributed by atoms with Gasteiger partial charge in [-0.25, -0.2) is 5.10 Å². The average Bonchev–Trinajstić information content (AvgIpc) is 2.73. The number of fused-ring (bicyclic) bond motifs is 1. The Bertz CT molecular complexity index is 1180. The fraction of sp³-hybridized carbons (Fsp3) is 0.0435. The van der Waals surface area contributed by atoms with E-state index in [4.69, 9.17) is 0 Å². The maximum Gasteiger partial charge on any atom is 0.272 e. The number of benzene rings is 3. The van der Waals surface area contributed by atoms with E-state index in [-0.39, 0.29) is 5.56 Å². The Kier molecular flexibility index (Phi) is 4.67. The molecule has 0 atom stereocenters. The molecule has 0 aliphatic heterocycles. The first-order valence-corrected chi connectivity index (χ1v) is 8.67. The maximum atomic E-state index is 11.8. The van der Waals surface area contributed by atoms with Crippen LogP contribution in [-0.4, -0.2) is 10.2 Å². The second kappa shape index (κ2) is 7.59. The van der Waals surface area contributed by atoms with E-state index < -0.39 is 0 Å². The highest BCUT2D eigenvalue weighted by atomic mass is 16.1. The van der Waals surface area contributed by atoms with Crippen LogP contribution in [0.3, 0.4) is 0 Å². The van der Waals surface area contributed by atoms with E-state index in [0.717, 1.165) is 22.1 Å². The molecule has 0 aliphatic carbocycles. The van der Waals surface area contributed by atoms with Crippen LogP contribution in [0.1, 0.15) is 16.7 Å². The molecule has 0 saturated carbocycles. The summed E-state index contributed by atoms with van der Waals surface area (Å²) in [6, 6.07) is 25.4. The summed E-state index contributed by atoms with van der Waals surface area (Å²) >= 11 is 0. The number of nitrogens with zero attached hydrogens (tertiary/aromatic N) is 1. The van der Waals surface area contributed by atoms with Crippen LogP contribution in [0.5, 0.6) is 0 Å². The molecular formula is C23H17N3O. The molecule has 0 amide bonds. The summed E-state index contributed by atoms with van der Waals surface area (Å²) in [6.07, 6.45) is 0. The third-order valence-electron chi connectivity index (χ3n) is 4.23. The van der Waals surface area contributed by atoms with E-state index in [9.17, 15) is 4.79 Å². The second-order valence-corrected chi connectivity index (χ2v) is 6.11. The molecule has 4 rings (SSSR count). The number of aromatic nitrogens is 2. The van der Waals surface area contributed by atoms with Crippen LogP contribution in [0.2, 0.25) is 0 Å². The van der Waals surface area contributed by atoms with Crippen LogP contribution in [0, 0.1) is 11.8 Å². The van der Waals surface area contributed by atoms with Crippen molar-refractivity contribution in [3.8, 4) is 11.8 Å². The summed E-state index contributed by atoms with van der Waals surface area (Å²) in [4.78, 5) is 11.8. The van der Waals surface area contributed by atoms with Crippen LogP contribution >= 0.6 is 0 Å². The summed E-state index contributed by atoms with van der Waals surface area (Å²) in [5.41, 5.74) is 2.89. The number of aromatic amines is 1. The SMILES string of the molecule is O=c1[nH]nc(NCc2ccc(C#Cc3ccccc3)cc2)c2ccccc12. The summed E-state index contributed by atoms with van der Waals surface area (Å²) in [7, 11) is 0. The van der Waals surface area contributed by atoms with Gasteiger partial charge in [0.25, 0.3) is 5.56 Å². The Morgan fingerprint density at radius 2 is 1.41 bits per heavy atom. The molecule has 0 bridgehead atoms. The van der Waals surface area contributed by atoms with E-state index in [1.807, 2.05) is 72.8 Å². The molecule has 0 aliphatic rings. The quantitative estimate of drug-likeness (QED) is 0.550. The Morgan fingerprint density at radius 1 is 0.778 bits per heavy atom. The molecule has 4 heteroatoms. The van der Waals surface area contributed by atoms with Crippen LogP contribution in [-0.2, 0) is 6.54 Å². The lowest BCUT2D eigenvalue weighted by Crippen LogP contribution is -2.12. The molecule has 1 heterocycles. The zero-order chi connectivity index (χ0) is 18.5. The highest BCUT2D eigenvalue weighted by Crippen LogP contribution is 2.17. The molecule has 0 fully saturated rings. The number of hydrogen-bond donors (Lipinski definition) is 2. The first-order valence-electron chi connectivity index (χ1n) is 8.67. The van der Waals surface area contributed by atoms with Crippen molar-refractivity contribution in [1.29, 1.82) is 0 Å². The number of hydrogen-bond acceptors (Lipinski definition) is 3. The summed E-state index contributed by atoms with van der Waals surface area (Å²) in [6.45, 7) is 0.607. The fourth-order valence-corrected chi connectivity index (χ4v) is 2.81. The van der Waals surface area contributed by atoms with Crippen molar-refractivity contribution >= 4 is 16.6 Å². The van der Waals surface area contributed by atoms with E-state index >= 15 is 0 Å². The van der Waals surface area contributed by atoms with Crippen molar-refractivity contribution in [2.45, 2.75) is 6.54 Å². The van der Waals surface area contributed by atoms with Crippen molar-refractivity contribution < 1.29 is 0 Å². The summed E-state index contributed by atoms with van der Waals surface area (Å²) < 4.78 is 0. The highest BCUT2D eigenvalue weighted by Gasteiger charge is 2.05. The summed E-state index contributed by atoms with van der Waals surface area (Å²) in [5.74, 6) is 6.99.